The van der Waals surface area contributed by atoms with Crippen molar-refractivity contribution >= 4 is 39.1 Å². The predicted octanol–water partition coefficient (Wildman–Crippen LogP) is 5.58. The maximum atomic E-state index is 13.8. The van der Waals surface area contributed by atoms with Crippen LogP contribution in [0.15, 0.2) is 71.6 Å². The van der Waals surface area contributed by atoms with Crippen molar-refractivity contribution in [3.8, 4) is 0 Å². The number of carbonyl (C=O) groups excluding carboxylic acids is 2. The molecule has 1 aliphatic heterocycles. The summed E-state index contributed by atoms with van der Waals surface area (Å²) in [6, 6.07) is 18.1. The third-order valence-corrected chi connectivity index (χ3v) is 8.84. The first-order valence-electron chi connectivity index (χ1n) is 13.6. The Kier molecular flexibility index (Phi) is 8.92. The number of halogens is 1. The number of hydrogen-bond donors (Lipinski definition) is 2. The van der Waals surface area contributed by atoms with Gasteiger partial charge in [-0.1, -0.05) is 56.6 Å². The van der Waals surface area contributed by atoms with Crippen LogP contribution in [-0.2, 0) is 15.4 Å². The molecule has 2 heterocycles. The number of benzene rings is 2. The quantitative estimate of drug-likeness (QED) is 0.329. The Labute approximate surface area is 247 Å². The molecule has 0 spiro atoms. The third kappa shape index (κ3) is 7.52. The summed E-state index contributed by atoms with van der Waals surface area (Å²) in [5.41, 5.74) is 1.30. The SMILES string of the molecule is CC1(C)CC(CCN(C(=O)c2cccc(S(=O)(=O)NC(=O)c3ccc(C(C)(C)C)nc3Cl)c2)c2ccccc2)CN1. The molecule has 0 aliphatic carbocycles. The van der Waals surface area contributed by atoms with Gasteiger partial charge in [0.05, 0.1) is 10.5 Å². The van der Waals surface area contributed by atoms with Crippen molar-refractivity contribution in [2.75, 3.05) is 18.0 Å². The first-order valence-corrected chi connectivity index (χ1v) is 15.5. The number of rotatable bonds is 8. The molecule has 218 valence electrons. The van der Waals surface area contributed by atoms with Gasteiger partial charge in [0.15, 0.2) is 0 Å². The van der Waals surface area contributed by atoms with Crippen LogP contribution in [0, 0.1) is 5.92 Å². The molecular weight excluding hydrogens is 560 g/mol. The number of pyridine rings is 1. The molecule has 0 saturated carbocycles. The van der Waals surface area contributed by atoms with E-state index in [0.29, 0.717) is 18.2 Å². The second kappa shape index (κ2) is 11.9. The lowest BCUT2D eigenvalue weighted by Crippen LogP contribution is -2.34. The lowest BCUT2D eigenvalue weighted by Gasteiger charge is -2.25. The Bertz CT molecular complexity index is 1540. The van der Waals surface area contributed by atoms with Crippen molar-refractivity contribution in [3.63, 3.8) is 0 Å². The van der Waals surface area contributed by atoms with Gasteiger partial charge >= 0.3 is 0 Å². The van der Waals surface area contributed by atoms with Crippen LogP contribution in [0.3, 0.4) is 0 Å². The fourth-order valence-corrected chi connectivity index (χ4v) is 6.22. The average Bonchev–Trinajstić information content (AvgIpc) is 3.26. The van der Waals surface area contributed by atoms with Gasteiger partial charge in [-0.2, -0.15) is 0 Å². The maximum absolute atomic E-state index is 13.8. The molecule has 1 aliphatic rings. The Balaban J connectivity index is 1.55. The lowest BCUT2D eigenvalue weighted by molar-refractivity contribution is 0.0975. The molecule has 1 atom stereocenters. The molecule has 1 fully saturated rings. The Morgan fingerprint density at radius 3 is 2.39 bits per heavy atom. The van der Waals surface area contributed by atoms with Crippen molar-refractivity contribution in [2.24, 2.45) is 5.92 Å². The summed E-state index contributed by atoms with van der Waals surface area (Å²) in [5.74, 6) is -0.807. The monoisotopic (exact) mass is 596 g/mol. The third-order valence-electron chi connectivity index (χ3n) is 7.22. The highest BCUT2D eigenvalue weighted by atomic mass is 35.5. The molecule has 4 rings (SSSR count). The van der Waals surface area contributed by atoms with Gasteiger partial charge in [-0.15, -0.1) is 0 Å². The predicted molar refractivity (Wildman–Crippen MR) is 162 cm³/mol. The molecule has 1 aromatic heterocycles. The summed E-state index contributed by atoms with van der Waals surface area (Å²) in [5, 5.41) is 3.43. The van der Waals surface area contributed by atoms with Crippen LogP contribution in [-0.4, -0.2) is 43.8 Å². The topological polar surface area (TPSA) is 108 Å². The van der Waals surface area contributed by atoms with E-state index in [0.717, 1.165) is 25.1 Å². The van der Waals surface area contributed by atoms with E-state index in [2.05, 4.69) is 28.9 Å². The largest absolute Gasteiger partial charge is 0.312 e. The molecule has 0 bridgehead atoms. The molecule has 8 nitrogen and oxygen atoms in total. The van der Waals surface area contributed by atoms with Crippen molar-refractivity contribution in [2.45, 2.75) is 63.3 Å². The summed E-state index contributed by atoms with van der Waals surface area (Å²) in [6.07, 6.45) is 1.81. The van der Waals surface area contributed by atoms with E-state index < -0.39 is 15.9 Å². The standard InChI is InChI=1S/C31H37ClN4O4S/c1-30(2,3)26-15-14-25(27(32)34-26)28(37)35-41(39,40)24-13-9-10-22(18-24)29(38)36(23-11-7-6-8-12-23)17-16-21-19-31(4,5)33-20-21/h6-15,18,21,33H,16-17,19-20H2,1-5H3,(H,35,37). The molecule has 1 saturated heterocycles. The Morgan fingerprint density at radius 1 is 1.07 bits per heavy atom. The normalized spacial score (nSPS) is 16.8. The van der Waals surface area contributed by atoms with Crippen molar-refractivity contribution in [1.82, 2.24) is 15.0 Å². The van der Waals surface area contributed by atoms with E-state index in [4.69, 9.17) is 11.6 Å². The maximum Gasteiger partial charge on any atom is 0.268 e. The number of nitrogens with zero attached hydrogens (tertiary/aromatic N) is 2. The fraction of sp³-hybridized carbons (Fsp3) is 0.387. The van der Waals surface area contributed by atoms with E-state index in [1.165, 1.54) is 24.3 Å². The smallest absolute Gasteiger partial charge is 0.268 e. The molecule has 2 N–H and O–H groups in total. The minimum Gasteiger partial charge on any atom is -0.312 e. The van der Waals surface area contributed by atoms with Gasteiger partial charge in [0.1, 0.15) is 5.15 Å². The first kappa shape index (κ1) is 30.7. The molecular formula is C31H37ClN4O4S. The fourth-order valence-electron chi connectivity index (χ4n) is 4.97. The minimum atomic E-state index is -4.31. The van der Waals surface area contributed by atoms with Crippen LogP contribution in [0.1, 0.15) is 73.9 Å². The highest BCUT2D eigenvalue weighted by Gasteiger charge is 2.31. The number of amides is 2. The number of anilines is 1. The summed E-state index contributed by atoms with van der Waals surface area (Å²) in [4.78, 5) is 32.4. The number of para-hydroxylation sites is 1. The number of hydrogen-bond acceptors (Lipinski definition) is 6. The number of sulfonamides is 1. The van der Waals surface area contributed by atoms with Gasteiger partial charge in [-0.05, 0) is 81.6 Å². The summed E-state index contributed by atoms with van der Waals surface area (Å²) in [6.45, 7) is 11.6. The van der Waals surface area contributed by atoms with Gasteiger partial charge < -0.3 is 10.2 Å². The molecule has 2 amide bonds. The summed E-state index contributed by atoms with van der Waals surface area (Å²) in [7, 11) is -4.31. The molecule has 0 radical (unpaired) electrons. The number of nitrogens with one attached hydrogen (secondary N) is 2. The van der Waals surface area contributed by atoms with Crippen LogP contribution < -0.4 is 14.9 Å². The van der Waals surface area contributed by atoms with Crippen molar-refractivity contribution in [1.29, 1.82) is 0 Å². The van der Waals surface area contributed by atoms with Crippen LogP contribution in [0.25, 0.3) is 0 Å². The highest BCUT2D eigenvalue weighted by Crippen LogP contribution is 2.28. The summed E-state index contributed by atoms with van der Waals surface area (Å²) >= 11 is 6.24. The van der Waals surface area contributed by atoms with Gasteiger partial charge in [-0.25, -0.2) is 18.1 Å². The first-order chi connectivity index (χ1) is 19.2. The van der Waals surface area contributed by atoms with E-state index in [-0.39, 0.29) is 38.0 Å². The van der Waals surface area contributed by atoms with E-state index >= 15 is 0 Å². The number of aromatic nitrogens is 1. The van der Waals surface area contributed by atoms with Crippen LogP contribution >= 0.6 is 11.6 Å². The Hall–Kier alpha value is -3.27. The van der Waals surface area contributed by atoms with Crippen LogP contribution in [0.4, 0.5) is 5.69 Å². The molecule has 41 heavy (non-hydrogen) atoms. The molecule has 2 aromatic carbocycles. The second-order valence-corrected chi connectivity index (χ2v) is 14.2. The van der Waals surface area contributed by atoms with E-state index in [1.54, 1.807) is 17.0 Å². The molecule has 10 heteroatoms. The lowest BCUT2D eigenvalue weighted by atomic mass is 9.91. The molecule has 1 unspecified atom stereocenters. The summed E-state index contributed by atoms with van der Waals surface area (Å²) < 4.78 is 28.5. The van der Waals surface area contributed by atoms with Gasteiger partial charge in [0, 0.05) is 34.4 Å². The zero-order chi connectivity index (χ0) is 30.0. The second-order valence-electron chi connectivity index (χ2n) is 12.2. The van der Waals surface area contributed by atoms with Crippen molar-refractivity contribution in [3.05, 3.63) is 88.7 Å². The molecule has 3 aromatic rings. The van der Waals surface area contributed by atoms with Gasteiger partial charge in [-0.3, -0.25) is 9.59 Å². The van der Waals surface area contributed by atoms with Crippen LogP contribution in [0.5, 0.6) is 0 Å². The van der Waals surface area contributed by atoms with Crippen LogP contribution in [0.2, 0.25) is 5.15 Å². The zero-order valence-electron chi connectivity index (χ0n) is 24.1. The highest BCUT2D eigenvalue weighted by molar-refractivity contribution is 7.90. The average molecular weight is 597 g/mol. The van der Waals surface area contributed by atoms with E-state index in [1.807, 2.05) is 51.1 Å². The van der Waals surface area contributed by atoms with Gasteiger partial charge in [0.2, 0.25) is 0 Å². The Morgan fingerprint density at radius 2 is 1.78 bits per heavy atom. The van der Waals surface area contributed by atoms with Gasteiger partial charge in [0.25, 0.3) is 21.8 Å². The van der Waals surface area contributed by atoms with E-state index in [9.17, 15) is 18.0 Å². The minimum absolute atomic E-state index is 0.0599. The van der Waals surface area contributed by atoms with Crippen molar-refractivity contribution < 1.29 is 18.0 Å². The zero-order valence-corrected chi connectivity index (χ0v) is 25.6. The number of carbonyl (C=O) groups is 2.